The predicted octanol–water partition coefficient (Wildman–Crippen LogP) is 0.566. The van der Waals surface area contributed by atoms with E-state index in [0.717, 1.165) is 22.8 Å². The summed E-state index contributed by atoms with van der Waals surface area (Å²) >= 11 is 0. The van der Waals surface area contributed by atoms with Crippen molar-refractivity contribution in [3.05, 3.63) is 40.8 Å². The third-order valence-electron chi connectivity index (χ3n) is 4.05. The molecule has 24 heavy (non-hydrogen) atoms. The molecule has 0 aliphatic carbocycles. The molecule has 0 spiro atoms. The van der Waals surface area contributed by atoms with Gasteiger partial charge in [0.25, 0.3) is 5.56 Å². The van der Waals surface area contributed by atoms with E-state index in [1.165, 1.54) is 4.68 Å². The van der Waals surface area contributed by atoms with E-state index in [4.69, 9.17) is 0 Å². The number of hydrogen-bond donors (Lipinski definition) is 1. The Kier molecular flexibility index (Phi) is 4.35. The number of aromatic nitrogens is 3. The SMILES string of the molecule is CN(C)CCNC(=O)Cn1c2ccccc2c2cnn(C)c(=O)c21. The minimum atomic E-state index is -0.204. The average Bonchev–Trinajstić information content (AvgIpc) is 2.85. The van der Waals surface area contributed by atoms with E-state index in [1.807, 2.05) is 43.3 Å². The average molecular weight is 327 g/mol. The molecule has 0 saturated heterocycles. The Bertz CT molecular complexity index is 955. The normalized spacial score (nSPS) is 11.5. The first kappa shape index (κ1) is 16.2. The molecule has 0 aliphatic heterocycles. The third kappa shape index (κ3) is 2.90. The molecule has 0 fully saturated rings. The number of fused-ring (bicyclic) bond motifs is 3. The van der Waals surface area contributed by atoms with Crippen LogP contribution in [0.2, 0.25) is 0 Å². The van der Waals surface area contributed by atoms with Crippen LogP contribution >= 0.6 is 0 Å². The number of nitrogens with one attached hydrogen (secondary N) is 1. The van der Waals surface area contributed by atoms with Gasteiger partial charge in [-0.15, -0.1) is 0 Å². The lowest BCUT2D eigenvalue weighted by Crippen LogP contribution is -2.34. The lowest BCUT2D eigenvalue weighted by atomic mass is 10.2. The van der Waals surface area contributed by atoms with Gasteiger partial charge in [0.2, 0.25) is 5.91 Å². The van der Waals surface area contributed by atoms with Crippen molar-refractivity contribution in [2.24, 2.45) is 7.05 Å². The monoisotopic (exact) mass is 327 g/mol. The standard InChI is InChI=1S/C17H21N5O2/c1-20(2)9-8-18-15(23)11-22-14-7-5-4-6-12(14)13-10-19-21(3)17(24)16(13)22/h4-7,10H,8-9,11H2,1-3H3,(H,18,23). The van der Waals surface area contributed by atoms with Crippen LogP contribution in [0.1, 0.15) is 0 Å². The van der Waals surface area contributed by atoms with Gasteiger partial charge in [-0.25, -0.2) is 4.68 Å². The Morgan fingerprint density at radius 2 is 2.00 bits per heavy atom. The first-order chi connectivity index (χ1) is 11.5. The highest BCUT2D eigenvalue weighted by atomic mass is 16.2. The van der Waals surface area contributed by atoms with Crippen molar-refractivity contribution < 1.29 is 4.79 Å². The predicted molar refractivity (Wildman–Crippen MR) is 94.0 cm³/mol. The highest BCUT2D eigenvalue weighted by Gasteiger charge is 2.16. The highest BCUT2D eigenvalue weighted by Crippen LogP contribution is 2.25. The van der Waals surface area contributed by atoms with Gasteiger partial charge < -0.3 is 14.8 Å². The van der Waals surface area contributed by atoms with Crippen molar-refractivity contribution in [2.75, 3.05) is 27.2 Å². The molecule has 1 aromatic carbocycles. The Morgan fingerprint density at radius 3 is 2.75 bits per heavy atom. The fourth-order valence-electron chi connectivity index (χ4n) is 2.82. The largest absolute Gasteiger partial charge is 0.353 e. The lowest BCUT2D eigenvalue weighted by molar-refractivity contribution is -0.121. The third-order valence-corrected chi connectivity index (χ3v) is 4.05. The van der Waals surface area contributed by atoms with Crippen molar-refractivity contribution >= 4 is 27.7 Å². The number of amides is 1. The van der Waals surface area contributed by atoms with Gasteiger partial charge in [-0.1, -0.05) is 18.2 Å². The smallest absolute Gasteiger partial charge is 0.291 e. The van der Waals surface area contributed by atoms with Crippen molar-refractivity contribution in [1.82, 2.24) is 24.6 Å². The molecule has 3 rings (SSSR count). The second-order valence-electron chi connectivity index (χ2n) is 6.09. The number of rotatable bonds is 5. The molecule has 3 aromatic rings. The topological polar surface area (TPSA) is 72.2 Å². The van der Waals surface area contributed by atoms with E-state index < -0.39 is 0 Å². The van der Waals surface area contributed by atoms with Gasteiger partial charge in [0.15, 0.2) is 0 Å². The Hall–Kier alpha value is -2.67. The Balaban J connectivity index is 2.03. The number of nitrogens with zero attached hydrogens (tertiary/aromatic N) is 4. The molecular formula is C17H21N5O2. The number of carbonyl (C=O) groups is 1. The maximum absolute atomic E-state index is 12.5. The molecule has 0 saturated carbocycles. The van der Waals surface area contributed by atoms with Crippen LogP contribution in [0.15, 0.2) is 35.3 Å². The zero-order valence-electron chi connectivity index (χ0n) is 14.1. The molecule has 0 bridgehead atoms. The summed E-state index contributed by atoms with van der Waals surface area (Å²) in [6.07, 6.45) is 1.68. The van der Waals surface area contributed by atoms with Crippen molar-refractivity contribution in [2.45, 2.75) is 6.54 Å². The summed E-state index contributed by atoms with van der Waals surface area (Å²) in [7, 11) is 5.52. The fourth-order valence-corrected chi connectivity index (χ4v) is 2.82. The minimum Gasteiger partial charge on any atom is -0.353 e. The Morgan fingerprint density at radius 1 is 1.25 bits per heavy atom. The van der Waals surface area contributed by atoms with Crippen LogP contribution in [0.4, 0.5) is 0 Å². The summed E-state index contributed by atoms with van der Waals surface area (Å²) in [5.41, 5.74) is 1.17. The molecule has 1 amide bonds. The molecule has 2 heterocycles. The molecule has 0 aliphatic rings. The van der Waals surface area contributed by atoms with Crippen LogP contribution in [-0.4, -0.2) is 52.3 Å². The molecular weight excluding hydrogens is 306 g/mol. The van der Waals surface area contributed by atoms with Crippen molar-refractivity contribution in [3.63, 3.8) is 0 Å². The molecule has 7 nitrogen and oxygen atoms in total. The molecule has 2 aromatic heterocycles. The molecule has 1 N–H and O–H groups in total. The number of para-hydroxylation sites is 1. The van der Waals surface area contributed by atoms with Gasteiger partial charge in [-0.3, -0.25) is 9.59 Å². The van der Waals surface area contributed by atoms with Crippen molar-refractivity contribution in [1.29, 1.82) is 0 Å². The zero-order chi connectivity index (χ0) is 17.3. The van der Waals surface area contributed by atoms with Gasteiger partial charge in [-0.05, 0) is 20.2 Å². The summed E-state index contributed by atoms with van der Waals surface area (Å²) in [5, 5.41) is 8.70. The highest BCUT2D eigenvalue weighted by molar-refractivity contribution is 6.07. The van der Waals surface area contributed by atoms with E-state index in [1.54, 1.807) is 17.8 Å². The maximum atomic E-state index is 12.5. The van der Waals surface area contributed by atoms with Crippen LogP contribution in [0, 0.1) is 0 Å². The maximum Gasteiger partial charge on any atom is 0.291 e. The van der Waals surface area contributed by atoms with E-state index in [2.05, 4.69) is 10.4 Å². The fraction of sp³-hybridized carbons (Fsp3) is 0.353. The second-order valence-corrected chi connectivity index (χ2v) is 6.09. The van der Waals surface area contributed by atoms with Crippen LogP contribution < -0.4 is 10.9 Å². The number of likely N-dealkylation sites (N-methyl/N-ethyl adjacent to an activating group) is 1. The summed E-state index contributed by atoms with van der Waals surface area (Å²) in [6, 6.07) is 7.68. The van der Waals surface area contributed by atoms with Gasteiger partial charge >= 0.3 is 0 Å². The van der Waals surface area contributed by atoms with Gasteiger partial charge in [0.05, 0.1) is 6.20 Å². The van der Waals surface area contributed by atoms with Gasteiger partial charge in [0.1, 0.15) is 12.1 Å². The molecule has 0 unspecified atom stereocenters. The van der Waals surface area contributed by atoms with E-state index in [9.17, 15) is 9.59 Å². The van der Waals surface area contributed by atoms with E-state index in [-0.39, 0.29) is 18.0 Å². The van der Waals surface area contributed by atoms with E-state index in [0.29, 0.717) is 12.1 Å². The molecule has 126 valence electrons. The van der Waals surface area contributed by atoms with E-state index >= 15 is 0 Å². The minimum absolute atomic E-state index is 0.108. The van der Waals surface area contributed by atoms with Gasteiger partial charge in [0, 0.05) is 36.4 Å². The van der Waals surface area contributed by atoms with Crippen LogP contribution in [0.5, 0.6) is 0 Å². The second kappa shape index (κ2) is 6.45. The summed E-state index contributed by atoms with van der Waals surface area (Å²) < 4.78 is 3.07. The van der Waals surface area contributed by atoms with Crippen LogP contribution in [0.3, 0.4) is 0 Å². The van der Waals surface area contributed by atoms with Gasteiger partial charge in [-0.2, -0.15) is 5.10 Å². The zero-order valence-corrected chi connectivity index (χ0v) is 14.1. The number of hydrogen-bond acceptors (Lipinski definition) is 4. The lowest BCUT2D eigenvalue weighted by Gasteiger charge is -2.11. The molecule has 0 radical (unpaired) electrons. The Labute approximate surface area is 139 Å². The summed E-state index contributed by atoms with van der Waals surface area (Å²) in [6.45, 7) is 1.45. The molecule has 0 atom stereocenters. The van der Waals surface area contributed by atoms with Crippen LogP contribution in [0.25, 0.3) is 21.8 Å². The number of benzene rings is 1. The number of aryl methyl sites for hydroxylation is 1. The summed E-state index contributed by atoms with van der Waals surface area (Å²) in [4.78, 5) is 26.8. The first-order valence-electron chi connectivity index (χ1n) is 7.83. The number of carbonyl (C=O) groups excluding carboxylic acids is 1. The quantitative estimate of drug-likeness (QED) is 0.743. The summed E-state index contributed by atoms with van der Waals surface area (Å²) in [5.74, 6) is -0.113. The molecule has 7 heteroatoms. The van der Waals surface area contributed by atoms with Crippen molar-refractivity contribution in [3.8, 4) is 0 Å². The van der Waals surface area contributed by atoms with Crippen LogP contribution in [-0.2, 0) is 18.4 Å². The first-order valence-corrected chi connectivity index (χ1v) is 7.83.